The molecule has 3 rings (SSSR count). The summed E-state index contributed by atoms with van der Waals surface area (Å²) in [4.78, 5) is 12.6. The number of aromatic hydroxyl groups is 2. The zero-order chi connectivity index (χ0) is 19.1. The molecule has 5 N–H and O–H groups in total. The number of hydrogen-bond donors (Lipinski definition) is 4. The van der Waals surface area contributed by atoms with Gasteiger partial charge in [0.2, 0.25) is 10.0 Å². The van der Waals surface area contributed by atoms with Crippen LogP contribution in [-0.2, 0) is 10.0 Å². The highest BCUT2D eigenvalue weighted by molar-refractivity contribution is 7.89. The Morgan fingerprint density at radius 3 is 2.31 bits per heavy atom. The van der Waals surface area contributed by atoms with Gasteiger partial charge in [-0.1, -0.05) is 12.6 Å². The van der Waals surface area contributed by atoms with Crippen molar-refractivity contribution in [2.75, 3.05) is 0 Å². The number of sulfonamides is 1. The van der Waals surface area contributed by atoms with Gasteiger partial charge in [0.15, 0.2) is 11.5 Å². The molecule has 0 aliphatic heterocycles. The van der Waals surface area contributed by atoms with Gasteiger partial charge in [0.05, 0.1) is 21.2 Å². The molecule has 26 heavy (non-hydrogen) atoms. The summed E-state index contributed by atoms with van der Waals surface area (Å²) in [6, 6.07) is 9.62. The van der Waals surface area contributed by atoms with Crippen molar-refractivity contribution in [3.63, 3.8) is 0 Å². The first-order chi connectivity index (χ1) is 12.2. The van der Waals surface area contributed by atoms with Gasteiger partial charge < -0.3 is 10.2 Å². The second kappa shape index (κ2) is 6.21. The number of nitrogens with one attached hydrogen (secondary N) is 1. The molecule has 0 fully saturated rings. The van der Waals surface area contributed by atoms with Crippen LogP contribution >= 0.6 is 0 Å². The van der Waals surface area contributed by atoms with Crippen LogP contribution in [0.3, 0.4) is 0 Å². The molecule has 0 atom stereocenters. The standard InChI is InChI=1S/C17H15N3O5S/c1-10-14(8-11-2-7-15(21)16(22)9-11)17(23)20(19-10)12-3-5-13(6-4-12)26(18,24)25/h2-9,19,21-22H,1H2,(H2,18,24,25)/b14-8-. The SMILES string of the molecule is C=c1[nH]n(-c2ccc(S(N)(=O)=O)cc2)c(=O)/c1=C\c1ccc(O)c(O)c1. The van der Waals surface area contributed by atoms with Crippen molar-refractivity contribution in [3.05, 3.63) is 68.9 Å². The molecule has 1 aromatic heterocycles. The van der Waals surface area contributed by atoms with Gasteiger partial charge in [0.1, 0.15) is 0 Å². The fourth-order valence-electron chi connectivity index (χ4n) is 2.41. The maximum absolute atomic E-state index is 12.6. The summed E-state index contributed by atoms with van der Waals surface area (Å²) >= 11 is 0. The molecular weight excluding hydrogens is 358 g/mol. The number of aromatic amines is 1. The van der Waals surface area contributed by atoms with Crippen molar-refractivity contribution in [2.24, 2.45) is 5.14 Å². The fraction of sp³-hybridized carbons (Fsp3) is 0. The maximum Gasteiger partial charge on any atom is 0.279 e. The van der Waals surface area contributed by atoms with Gasteiger partial charge >= 0.3 is 0 Å². The van der Waals surface area contributed by atoms with Crippen LogP contribution in [0.5, 0.6) is 11.5 Å². The molecule has 3 aromatic rings. The number of rotatable bonds is 3. The molecule has 134 valence electrons. The summed E-state index contributed by atoms with van der Waals surface area (Å²) in [6.07, 6.45) is 1.51. The fourth-order valence-corrected chi connectivity index (χ4v) is 2.92. The normalized spacial score (nSPS) is 12.4. The van der Waals surface area contributed by atoms with Crippen LogP contribution in [0.15, 0.2) is 52.2 Å². The van der Waals surface area contributed by atoms with Crippen molar-refractivity contribution < 1.29 is 18.6 Å². The number of H-pyrrole nitrogens is 1. The first-order valence-electron chi connectivity index (χ1n) is 7.34. The monoisotopic (exact) mass is 373 g/mol. The number of aromatic nitrogens is 2. The summed E-state index contributed by atoms with van der Waals surface area (Å²) < 4.78 is 23.8. The molecule has 0 aliphatic carbocycles. The molecule has 0 aliphatic rings. The molecule has 0 radical (unpaired) electrons. The molecule has 0 saturated heterocycles. The van der Waals surface area contributed by atoms with E-state index in [1.807, 2.05) is 0 Å². The van der Waals surface area contributed by atoms with E-state index in [2.05, 4.69) is 11.7 Å². The second-order valence-electron chi connectivity index (χ2n) is 5.58. The minimum Gasteiger partial charge on any atom is -0.504 e. The van der Waals surface area contributed by atoms with Gasteiger partial charge in [0.25, 0.3) is 5.56 Å². The third-order valence-electron chi connectivity index (χ3n) is 3.74. The third-order valence-corrected chi connectivity index (χ3v) is 4.67. The predicted molar refractivity (Wildman–Crippen MR) is 95.9 cm³/mol. The third kappa shape index (κ3) is 3.25. The first-order valence-corrected chi connectivity index (χ1v) is 8.88. The van der Waals surface area contributed by atoms with Crippen LogP contribution in [0.2, 0.25) is 0 Å². The predicted octanol–water partition coefficient (Wildman–Crippen LogP) is -0.537. The summed E-state index contributed by atoms with van der Waals surface area (Å²) in [7, 11) is -3.82. The lowest BCUT2D eigenvalue weighted by atomic mass is 10.1. The van der Waals surface area contributed by atoms with Crippen molar-refractivity contribution in [2.45, 2.75) is 4.90 Å². The van der Waals surface area contributed by atoms with E-state index >= 15 is 0 Å². The molecule has 9 heteroatoms. The number of hydrogen-bond acceptors (Lipinski definition) is 5. The molecule has 8 nitrogen and oxygen atoms in total. The maximum atomic E-state index is 12.6. The van der Waals surface area contributed by atoms with Crippen LogP contribution in [0.1, 0.15) is 5.56 Å². The number of phenols is 2. The Morgan fingerprint density at radius 1 is 1.08 bits per heavy atom. The van der Waals surface area contributed by atoms with E-state index in [9.17, 15) is 23.4 Å². The molecule has 0 amide bonds. The van der Waals surface area contributed by atoms with E-state index in [1.54, 1.807) is 0 Å². The Hall–Kier alpha value is -3.30. The Balaban J connectivity index is 2.11. The smallest absolute Gasteiger partial charge is 0.279 e. The molecular formula is C17H15N3O5S. The highest BCUT2D eigenvalue weighted by Crippen LogP contribution is 2.24. The van der Waals surface area contributed by atoms with E-state index < -0.39 is 15.6 Å². The number of phenolic OH excluding ortho intramolecular Hbond substituents is 2. The van der Waals surface area contributed by atoms with E-state index in [-0.39, 0.29) is 21.6 Å². The summed E-state index contributed by atoms with van der Waals surface area (Å²) in [5.41, 5.74) is 0.490. The Bertz CT molecular complexity index is 1260. The second-order valence-corrected chi connectivity index (χ2v) is 7.14. The topological polar surface area (TPSA) is 138 Å². The van der Waals surface area contributed by atoms with Crippen LogP contribution in [0.4, 0.5) is 0 Å². The minimum absolute atomic E-state index is 0.0675. The summed E-state index contributed by atoms with van der Waals surface area (Å²) in [6.45, 7) is 3.79. The lowest BCUT2D eigenvalue weighted by Gasteiger charge is -2.02. The van der Waals surface area contributed by atoms with Gasteiger partial charge in [-0.2, -0.15) is 0 Å². The molecule has 0 unspecified atom stereocenters. The molecule has 0 saturated carbocycles. The van der Waals surface area contributed by atoms with Crippen molar-refractivity contribution in [1.82, 2.24) is 9.78 Å². The minimum atomic E-state index is -3.82. The molecule has 2 aromatic carbocycles. The molecule has 1 heterocycles. The summed E-state index contributed by atoms with van der Waals surface area (Å²) in [5.74, 6) is -0.572. The lowest BCUT2D eigenvalue weighted by molar-refractivity contribution is 0.403. The van der Waals surface area contributed by atoms with E-state index in [0.717, 1.165) is 0 Å². The van der Waals surface area contributed by atoms with Crippen LogP contribution < -0.4 is 21.3 Å². The Labute approximate surface area is 147 Å². The Kier molecular flexibility index (Phi) is 4.18. The van der Waals surface area contributed by atoms with E-state index in [0.29, 0.717) is 16.6 Å². The van der Waals surface area contributed by atoms with Crippen LogP contribution in [0, 0.1) is 0 Å². The summed E-state index contributed by atoms with van der Waals surface area (Å²) in [5, 5.41) is 27.4. The van der Waals surface area contributed by atoms with Crippen molar-refractivity contribution in [3.8, 4) is 17.2 Å². The average Bonchev–Trinajstić information content (AvgIpc) is 2.86. The Morgan fingerprint density at radius 2 is 1.73 bits per heavy atom. The molecule has 0 spiro atoms. The number of nitrogens with zero attached hydrogens (tertiary/aromatic N) is 1. The largest absolute Gasteiger partial charge is 0.504 e. The first kappa shape index (κ1) is 17.5. The van der Waals surface area contributed by atoms with E-state index in [1.165, 1.54) is 53.2 Å². The van der Waals surface area contributed by atoms with Crippen LogP contribution in [0.25, 0.3) is 18.3 Å². The average molecular weight is 373 g/mol. The zero-order valence-corrected chi connectivity index (χ0v) is 14.2. The van der Waals surface area contributed by atoms with Gasteiger partial charge in [-0.25, -0.2) is 18.2 Å². The van der Waals surface area contributed by atoms with Gasteiger partial charge in [-0.3, -0.25) is 9.89 Å². The molecule has 0 bridgehead atoms. The highest BCUT2D eigenvalue weighted by Gasteiger charge is 2.09. The van der Waals surface area contributed by atoms with E-state index in [4.69, 9.17) is 5.14 Å². The number of primary sulfonamides is 1. The highest BCUT2D eigenvalue weighted by atomic mass is 32.2. The van der Waals surface area contributed by atoms with Crippen molar-refractivity contribution >= 4 is 22.7 Å². The van der Waals surface area contributed by atoms with Gasteiger partial charge in [-0.05, 0) is 48.0 Å². The van der Waals surface area contributed by atoms with Gasteiger partial charge in [0, 0.05) is 0 Å². The lowest BCUT2D eigenvalue weighted by Crippen LogP contribution is -2.33. The van der Waals surface area contributed by atoms with Crippen molar-refractivity contribution in [1.29, 1.82) is 0 Å². The number of nitrogens with two attached hydrogens (primary N) is 1. The quantitative estimate of drug-likeness (QED) is 0.457. The zero-order valence-electron chi connectivity index (χ0n) is 13.4. The number of benzene rings is 2. The van der Waals surface area contributed by atoms with Crippen LogP contribution in [-0.4, -0.2) is 28.4 Å². The van der Waals surface area contributed by atoms with Gasteiger partial charge in [-0.15, -0.1) is 0 Å².